The van der Waals surface area contributed by atoms with Crippen LogP contribution in [0.3, 0.4) is 0 Å². The number of benzene rings is 2. The van der Waals surface area contributed by atoms with Crippen molar-refractivity contribution < 1.29 is 17.6 Å². The SMILES string of the molecule is CSCCC(NS(=O)(=O)c1ccc(Br)cc1)C(=O)Nc1ccc(C)c(F)c1. The maximum absolute atomic E-state index is 13.7. The van der Waals surface area contributed by atoms with Gasteiger partial charge in [0.05, 0.1) is 4.90 Å². The third-order valence-electron chi connectivity index (χ3n) is 3.79. The predicted octanol–water partition coefficient (Wildman–Crippen LogP) is 3.94. The van der Waals surface area contributed by atoms with Gasteiger partial charge in [0.1, 0.15) is 11.9 Å². The van der Waals surface area contributed by atoms with Crippen molar-refractivity contribution in [2.45, 2.75) is 24.3 Å². The Morgan fingerprint density at radius 2 is 1.89 bits per heavy atom. The number of thioether (sulfide) groups is 1. The smallest absolute Gasteiger partial charge is 0.242 e. The highest BCUT2D eigenvalue weighted by Crippen LogP contribution is 2.17. The first-order valence-electron chi connectivity index (χ1n) is 8.07. The Morgan fingerprint density at radius 3 is 2.48 bits per heavy atom. The van der Waals surface area contributed by atoms with Crippen molar-refractivity contribution in [3.05, 3.63) is 58.3 Å². The van der Waals surface area contributed by atoms with Gasteiger partial charge in [-0.15, -0.1) is 0 Å². The van der Waals surface area contributed by atoms with Gasteiger partial charge < -0.3 is 5.32 Å². The molecule has 2 aromatic rings. The van der Waals surface area contributed by atoms with Gasteiger partial charge in [-0.25, -0.2) is 12.8 Å². The Morgan fingerprint density at radius 1 is 1.22 bits per heavy atom. The van der Waals surface area contributed by atoms with Crippen LogP contribution < -0.4 is 10.0 Å². The Bertz CT molecular complexity index is 905. The molecule has 2 N–H and O–H groups in total. The van der Waals surface area contributed by atoms with E-state index in [0.29, 0.717) is 17.7 Å². The molecule has 0 aliphatic rings. The van der Waals surface area contributed by atoms with E-state index >= 15 is 0 Å². The number of carbonyl (C=O) groups is 1. The first-order valence-corrected chi connectivity index (χ1v) is 11.7. The molecule has 1 atom stereocenters. The van der Waals surface area contributed by atoms with Crippen LogP contribution in [-0.4, -0.2) is 32.4 Å². The minimum Gasteiger partial charge on any atom is -0.325 e. The van der Waals surface area contributed by atoms with Crippen LogP contribution in [0.25, 0.3) is 0 Å². The first kappa shape index (κ1) is 21.9. The van der Waals surface area contributed by atoms with Crippen molar-refractivity contribution in [3.63, 3.8) is 0 Å². The Labute approximate surface area is 171 Å². The molecular formula is C18H20BrFN2O3S2. The van der Waals surface area contributed by atoms with Gasteiger partial charge in [0, 0.05) is 10.2 Å². The fourth-order valence-corrected chi connectivity index (χ4v) is 4.21. The number of rotatable bonds is 8. The molecule has 0 heterocycles. The van der Waals surface area contributed by atoms with Gasteiger partial charge >= 0.3 is 0 Å². The summed E-state index contributed by atoms with van der Waals surface area (Å²) in [5, 5.41) is 2.58. The third kappa shape index (κ3) is 6.31. The quantitative estimate of drug-likeness (QED) is 0.607. The molecule has 1 amide bonds. The second-order valence-electron chi connectivity index (χ2n) is 5.86. The number of nitrogens with one attached hydrogen (secondary N) is 2. The lowest BCUT2D eigenvalue weighted by atomic mass is 10.2. The van der Waals surface area contributed by atoms with E-state index in [2.05, 4.69) is 26.0 Å². The number of aryl methyl sites for hydroxylation is 1. The summed E-state index contributed by atoms with van der Waals surface area (Å²) < 4.78 is 42.1. The standard InChI is InChI=1S/C18H20BrFN2O3S2/c1-12-3-6-14(11-16(12)20)21-18(23)17(9-10-26-2)22-27(24,25)15-7-4-13(19)5-8-15/h3-8,11,17,22H,9-10H2,1-2H3,(H,21,23). The van der Waals surface area contributed by atoms with E-state index in [1.54, 1.807) is 31.2 Å². The molecule has 146 valence electrons. The molecule has 2 aromatic carbocycles. The van der Waals surface area contributed by atoms with Gasteiger partial charge in [0.25, 0.3) is 0 Å². The molecule has 1 unspecified atom stereocenters. The number of carbonyl (C=O) groups excluding carboxylic acids is 1. The summed E-state index contributed by atoms with van der Waals surface area (Å²) >= 11 is 4.76. The van der Waals surface area contributed by atoms with Gasteiger partial charge in [-0.2, -0.15) is 16.5 Å². The summed E-state index contributed by atoms with van der Waals surface area (Å²) in [6.45, 7) is 1.62. The van der Waals surface area contributed by atoms with Gasteiger partial charge in [0.2, 0.25) is 15.9 Å². The number of amides is 1. The maximum atomic E-state index is 13.7. The van der Waals surface area contributed by atoms with Gasteiger partial charge in [-0.3, -0.25) is 4.79 Å². The summed E-state index contributed by atoms with van der Waals surface area (Å²) in [7, 11) is -3.87. The highest BCUT2D eigenvalue weighted by molar-refractivity contribution is 9.10. The van der Waals surface area contributed by atoms with E-state index in [4.69, 9.17) is 0 Å². The topological polar surface area (TPSA) is 75.3 Å². The minimum absolute atomic E-state index is 0.0639. The summed E-state index contributed by atoms with van der Waals surface area (Å²) in [5.41, 5.74) is 0.739. The van der Waals surface area contributed by atoms with Crippen molar-refractivity contribution in [1.82, 2.24) is 4.72 Å². The molecule has 0 saturated carbocycles. The average Bonchev–Trinajstić information content (AvgIpc) is 2.62. The van der Waals surface area contributed by atoms with Crippen LogP contribution in [0.15, 0.2) is 51.8 Å². The van der Waals surface area contributed by atoms with Gasteiger partial charge in [-0.05, 0) is 67.3 Å². The van der Waals surface area contributed by atoms with Crippen LogP contribution in [0.5, 0.6) is 0 Å². The zero-order valence-electron chi connectivity index (χ0n) is 14.8. The highest BCUT2D eigenvalue weighted by Gasteiger charge is 2.25. The fourth-order valence-electron chi connectivity index (χ4n) is 2.25. The van der Waals surface area contributed by atoms with Crippen molar-refractivity contribution >= 4 is 49.3 Å². The summed E-state index contributed by atoms with van der Waals surface area (Å²) in [6.07, 6.45) is 2.17. The molecule has 2 rings (SSSR count). The van der Waals surface area contributed by atoms with Gasteiger partial charge in [-0.1, -0.05) is 22.0 Å². The van der Waals surface area contributed by atoms with Crippen molar-refractivity contribution in [3.8, 4) is 0 Å². The molecule has 0 bridgehead atoms. The molecule has 0 spiro atoms. The fraction of sp³-hybridized carbons (Fsp3) is 0.278. The Hall–Kier alpha value is -1.42. The van der Waals surface area contributed by atoms with E-state index < -0.39 is 27.8 Å². The van der Waals surface area contributed by atoms with E-state index in [9.17, 15) is 17.6 Å². The molecule has 0 aromatic heterocycles. The lowest BCUT2D eigenvalue weighted by molar-refractivity contribution is -0.117. The molecule has 5 nitrogen and oxygen atoms in total. The van der Waals surface area contributed by atoms with E-state index in [1.165, 1.54) is 30.0 Å². The van der Waals surface area contributed by atoms with Crippen LogP contribution in [0.1, 0.15) is 12.0 Å². The minimum atomic E-state index is -3.87. The second kappa shape index (κ2) is 9.68. The molecule has 0 fully saturated rings. The van der Waals surface area contributed by atoms with Crippen molar-refractivity contribution in [2.75, 3.05) is 17.3 Å². The van der Waals surface area contributed by atoms with Crippen LogP contribution >= 0.6 is 27.7 Å². The number of hydrogen-bond donors (Lipinski definition) is 2. The lowest BCUT2D eigenvalue weighted by Crippen LogP contribution is -2.44. The summed E-state index contributed by atoms with van der Waals surface area (Å²) in [6, 6.07) is 9.48. The number of sulfonamides is 1. The van der Waals surface area contributed by atoms with E-state index in [-0.39, 0.29) is 10.6 Å². The number of halogens is 2. The highest BCUT2D eigenvalue weighted by atomic mass is 79.9. The first-order chi connectivity index (χ1) is 12.7. The van der Waals surface area contributed by atoms with Crippen LogP contribution in [0.4, 0.5) is 10.1 Å². The zero-order chi connectivity index (χ0) is 20.0. The maximum Gasteiger partial charge on any atom is 0.242 e. The van der Waals surface area contributed by atoms with Crippen LogP contribution in [0, 0.1) is 12.7 Å². The molecular weight excluding hydrogens is 455 g/mol. The average molecular weight is 475 g/mol. The number of anilines is 1. The Kier molecular flexibility index (Phi) is 7.84. The molecule has 0 aliphatic heterocycles. The molecule has 0 radical (unpaired) electrons. The van der Waals surface area contributed by atoms with E-state index in [1.807, 2.05) is 6.26 Å². The second-order valence-corrected chi connectivity index (χ2v) is 9.48. The molecule has 27 heavy (non-hydrogen) atoms. The summed E-state index contributed by atoms with van der Waals surface area (Å²) in [4.78, 5) is 12.7. The molecule has 0 aliphatic carbocycles. The largest absolute Gasteiger partial charge is 0.325 e. The third-order valence-corrected chi connectivity index (χ3v) is 6.45. The number of hydrogen-bond acceptors (Lipinski definition) is 4. The van der Waals surface area contributed by atoms with Crippen LogP contribution in [-0.2, 0) is 14.8 Å². The lowest BCUT2D eigenvalue weighted by Gasteiger charge is -2.18. The normalized spacial score (nSPS) is 12.6. The van der Waals surface area contributed by atoms with Gasteiger partial charge in [0.15, 0.2) is 0 Å². The Balaban J connectivity index is 2.18. The molecule has 0 saturated heterocycles. The van der Waals surface area contributed by atoms with Crippen LogP contribution in [0.2, 0.25) is 0 Å². The predicted molar refractivity (Wildman–Crippen MR) is 111 cm³/mol. The molecule has 9 heteroatoms. The van der Waals surface area contributed by atoms with Crippen molar-refractivity contribution in [2.24, 2.45) is 0 Å². The van der Waals surface area contributed by atoms with Crippen molar-refractivity contribution in [1.29, 1.82) is 0 Å². The van der Waals surface area contributed by atoms with E-state index in [0.717, 1.165) is 4.47 Å². The summed E-state index contributed by atoms with van der Waals surface area (Å²) in [5.74, 6) is -0.389. The monoisotopic (exact) mass is 474 g/mol. The zero-order valence-corrected chi connectivity index (χ0v) is 18.0.